The predicted octanol–water partition coefficient (Wildman–Crippen LogP) is 3.16. The standard InChI is InChI=1S/C13H18N2O2S/c1-3-8-17-13(18)15-11-7-5-6-10(9-11)14-12(16)4-2/h5-7,9H,3-4,8H2,1-2H3,(H,14,16)(H,15,18). The van der Waals surface area contributed by atoms with Crippen LogP contribution in [0, 0.1) is 0 Å². The van der Waals surface area contributed by atoms with Crippen LogP contribution in [0.3, 0.4) is 0 Å². The molecule has 1 aromatic rings. The number of rotatable bonds is 5. The van der Waals surface area contributed by atoms with E-state index >= 15 is 0 Å². The van der Waals surface area contributed by atoms with Crippen LogP contribution in [-0.2, 0) is 9.53 Å². The second-order valence-electron chi connectivity index (χ2n) is 3.74. The third-order valence-electron chi connectivity index (χ3n) is 2.15. The molecule has 0 aromatic heterocycles. The van der Waals surface area contributed by atoms with E-state index in [1.807, 2.05) is 38.1 Å². The number of benzene rings is 1. The maximum Gasteiger partial charge on any atom is 0.261 e. The van der Waals surface area contributed by atoms with Crippen molar-refractivity contribution in [3.05, 3.63) is 24.3 Å². The van der Waals surface area contributed by atoms with E-state index in [0.29, 0.717) is 18.2 Å². The lowest BCUT2D eigenvalue weighted by atomic mass is 10.2. The third-order valence-corrected chi connectivity index (χ3v) is 2.37. The Morgan fingerprint density at radius 1 is 1.28 bits per heavy atom. The Balaban J connectivity index is 2.59. The molecule has 0 atom stereocenters. The van der Waals surface area contributed by atoms with Crippen molar-refractivity contribution in [3.63, 3.8) is 0 Å². The van der Waals surface area contributed by atoms with Gasteiger partial charge >= 0.3 is 0 Å². The van der Waals surface area contributed by atoms with Gasteiger partial charge in [-0.15, -0.1) is 0 Å². The molecule has 0 spiro atoms. The first-order valence-corrected chi connectivity index (χ1v) is 6.40. The topological polar surface area (TPSA) is 50.4 Å². The van der Waals surface area contributed by atoms with E-state index in [1.165, 1.54) is 0 Å². The van der Waals surface area contributed by atoms with Crippen LogP contribution < -0.4 is 10.6 Å². The molecule has 18 heavy (non-hydrogen) atoms. The van der Waals surface area contributed by atoms with Crippen molar-refractivity contribution in [2.24, 2.45) is 0 Å². The van der Waals surface area contributed by atoms with Crippen molar-refractivity contribution in [3.8, 4) is 0 Å². The average molecular weight is 266 g/mol. The van der Waals surface area contributed by atoms with Gasteiger partial charge < -0.3 is 15.4 Å². The first kappa shape index (κ1) is 14.4. The lowest BCUT2D eigenvalue weighted by Crippen LogP contribution is -2.14. The minimum absolute atomic E-state index is 0.0167. The van der Waals surface area contributed by atoms with Gasteiger partial charge in [0.05, 0.1) is 6.61 Å². The quantitative estimate of drug-likeness (QED) is 0.804. The molecular weight excluding hydrogens is 248 g/mol. The molecule has 0 aliphatic carbocycles. The number of hydrogen-bond acceptors (Lipinski definition) is 3. The molecule has 98 valence electrons. The van der Waals surface area contributed by atoms with E-state index in [0.717, 1.165) is 17.8 Å². The fourth-order valence-corrected chi connectivity index (χ4v) is 1.47. The minimum atomic E-state index is -0.0167. The summed E-state index contributed by atoms with van der Waals surface area (Å²) < 4.78 is 5.27. The fourth-order valence-electron chi connectivity index (χ4n) is 1.27. The van der Waals surface area contributed by atoms with Crippen LogP contribution in [0.2, 0.25) is 0 Å². The van der Waals surface area contributed by atoms with Gasteiger partial charge in [0.25, 0.3) is 5.17 Å². The smallest absolute Gasteiger partial charge is 0.261 e. The zero-order valence-electron chi connectivity index (χ0n) is 10.7. The van der Waals surface area contributed by atoms with Gasteiger partial charge in [-0.1, -0.05) is 19.9 Å². The molecule has 0 saturated heterocycles. The first-order chi connectivity index (χ1) is 8.65. The van der Waals surface area contributed by atoms with Crippen molar-refractivity contribution >= 4 is 34.7 Å². The molecule has 4 nitrogen and oxygen atoms in total. The van der Waals surface area contributed by atoms with Crippen molar-refractivity contribution in [2.75, 3.05) is 17.2 Å². The molecule has 1 aromatic carbocycles. The van der Waals surface area contributed by atoms with Crippen molar-refractivity contribution in [1.29, 1.82) is 0 Å². The van der Waals surface area contributed by atoms with Gasteiger partial charge in [0.1, 0.15) is 0 Å². The molecule has 1 amide bonds. The second kappa shape index (κ2) is 7.66. The zero-order valence-corrected chi connectivity index (χ0v) is 11.5. The summed E-state index contributed by atoms with van der Waals surface area (Å²) in [6.07, 6.45) is 1.37. The molecule has 0 aliphatic rings. The second-order valence-corrected chi connectivity index (χ2v) is 4.11. The van der Waals surface area contributed by atoms with Gasteiger partial charge in [-0.3, -0.25) is 4.79 Å². The Bertz CT molecular complexity index is 421. The number of anilines is 2. The maximum atomic E-state index is 11.3. The summed E-state index contributed by atoms with van der Waals surface area (Å²) >= 11 is 5.03. The number of carbonyl (C=O) groups excluding carboxylic acids is 1. The molecule has 5 heteroatoms. The molecule has 1 rings (SSSR count). The van der Waals surface area contributed by atoms with E-state index in [-0.39, 0.29) is 5.91 Å². The molecule has 0 saturated carbocycles. The minimum Gasteiger partial charge on any atom is -0.471 e. The highest BCUT2D eigenvalue weighted by molar-refractivity contribution is 7.80. The van der Waals surface area contributed by atoms with E-state index < -0.39 is 0 Å². The van der Waals surface area contributed by atoms with Crippen LogP contribution in [-0.4, -0.2) is 17.7 Å². The summed E-state index contributed by atoms with van der Waals surface area (Å²) in [5.74, 6) is -0.0167. The molecule has 0 heterocycles. The molecule has 2 N–H and O–H groups in total. The normalized spacial score (nSPS) is 9.67. The van der Waals surface area contributed by atoms with E-state index in [4.69, 9.17) is 17.0 Å². The van der Waals surface area contributed by atoms with Crippen LogP contribution in [0.25, 0.3) is 0 Å². The summed E-state index contributed by atoms with van der Waals surface area (Å²) in [5.41, 5.74) is 1.54. The van der Waals surface area contributed by atoms with Crippen LogP contribution >= 0.6 is 12.2 Å². The van der Waals surface area contributed by atoms with Gasteiger partial charge in [0.2, 0.25) is 5.91 Å². The number of nitrogens with one attached hydrogen (secondary N) is 2. The monoisotopic (exact) mass is 266 g/mol. The summed E-state index contributed by atoms with van der Waals surface area (Å²) in [4.78, 5) is 11.3. The third kappa shape index (κ3) is 5.14. The highest BCUT2D eigenvalue weighted by Gasteiger charge is 2.02. The molecule has 0 aliphatic heterocycles. The highest BCUT2D eigenvalue weighted by atomic mass is 32.1. The van der Waals surface area contributed by atoms with E-state index in [9.17, 15) is 4.79 Å². The first-order valence-electron chi connectivity index (χ1n) is 5.99. The fraction of sp³-hybridized carbons (Fsp3) is 0.385. The number of carbonyl (C=O) groups is 1. The van der Waals surface area contributed by atoms with Crippen molar-refractivity contribution in [2.45, 2.75) is 26.7 Å². The Morgan fingerprint density at radius 2 is 1.94 bits per heavy atom. The Labute approximate surface area is 113 Å². The summed E-state index contributed by atoms with van der Waals surface area (Å²) in [5, 5.41) is 6.10. The lowest BCUT2D eigenvalue weighted by molar-refractivity contribution is -0.115. The summed E-state index contributed by atoms with van der Waals surface area (Å²) in [7, 11) is 0. The van der Waals surface area contributed by atoms with Gasteiger partial charge in [0.15, 0.2) is 0 Å². The number of ether oxygens (including phenoxy) is 1. The molecular formula is C13H18N2O2S. The number of hydrogen-bond donors (Lipinski definition) is 2. The van der Waals surface area contributed by atoms with Crippen molar-refractivity contribution in [1.82, 2.24) is 0 Å². The van der Waals surface area contributed by atoms with Crippen LogP contribution in [0.15, 0.2) is 24.3 Å². The molecule has 0 unspecified atom stereocenters. The van der Waals surface area contributed by atoms with Gasteiger partial charge in [-0.25, -0.2) is 0 Å². The van der Waals surface area contributed by atoms with Gasteiger partial charge in [0, 0.05) is 17.8 Å². The van der Waals surface area contributed by atoms with E-state index in [1.54, 1.807) is 0 Å². The van der Waals surface area contributed by atoms with Gasteiger partial charge in [-0.05, 0) is 36.8 Å². The average Bonchev–Trinajstić information content (AvgIpc) is 2.36. The summed E-state index contributed by atoms with van der Waals surface area (Å²) in [6, 6.07) is 7.35. The molecule has 0 bridgehead atoms. The van der Waals surface area contributed by atoms with E-state index in [2.05, 4.69) is 10.6 Å². The summed E-state index contributed by atoms with van der Waals surface area (Å²) in [6.45, 7) is 4.42. The SMILES string of the molecule is CCCOC(=S)Nc1cccc(NC(=O)CC)c1. The number of thiocarbonyl (C=S) groups is 1. The Morgan fingerprint density at radius 3 is 2.56 bits per heavy atom. The van der Waals surface area contributed by atoms with Gasteiger partial charge in [-0.2, -0.15) is 0 Å². The van der Waals surface area contributed by atoms with Crippen LogP contribution in [0.5, 0.6) is 0 Å². The predicted molar refractivity (Wildman–Crippen MR) is 77.8 cm³/mol. The lowest BCUT2D eigenvalue weighted by Gasteiger charge is -2.10. The number of amides is 1. The van der Waals surface area contributed by atoms with Crippen LogP contribution in [0.1, 0.15) is 26.7 Å². The molecule has 0 radical (unpaired) electrons. The Hall–Kier alpha value is -1.62. The Kier molecular flexibility index (Phi) is 6.14. The zero-order chi connectivity index (χ0) is 13.4. The molecule has 0 fully saturated rings. The van der Waals surface area contributed by atoms with Crippen molar-refractivity contribution < 1.29 is 9.53 Å². The van der Waals surface area contributed by atoms with Crippen LogP contribution in [0.4, 0.5) is 11.4 Å². The highest BCUT2D eigenvalue weighted by Crippen LogP contribution is 2.15. The largest absolute Gasteiger partial charge is 0.471 e. The maximum absolute atomic E-state index is 11.3.